The molecule has 9 nitrogen and oxygen atoms in total. The first-order chi connectivity index (χ1) is 17.3. The van der Waals surface area contributed by atoms with E-state index >= 15 is 0 Å². The van der Waals surface area contributed by atoms with E-state index in [1.807, 2.05) is 4.90 Å². The minimum Gasteiger partial charge on any atom is -0.490 e. The van der Waals surface area contributed by atoms with Crippen LogP contribution < -0.4 is 16.0 Å². The summed E-state index contributed by atoms with van der Waals surface area (Å²) in [5.74, 6) is 0.0866. The smallest absolute Gasteiger partial charge is 0.287 e. The van der Waals surface area contributed by atoms with Crippen molar-refractivity contribution < 1.29 is 23.4 Å². The van der Waals surface area contributed by atoms with E-state index in [2.05, 4.69) is 9.97 Å². The van der Waals surface area contributed by atoms with E-state index in [1.165, 1.54) is 0 Å². The Morgan fingerprint density at radius 2 is 2.00 bits per heavy atom. The van der Waals surface area contributed by atoms with E-state index in [0.717, 1.165) is 59.0 Å². The zero-order valence-electron chi connectivity index (χ0n) is 19.3. The van der Waals surface area contributed by atoms with Gasteiger partial charge in [-0.15, -0.1) is 11.8 Å². The predicted octanol–water partition coefficient (Wildman–Crippen LogP) is 1.68. The Hall–Kier alpha value is -2.93. The zero-order valence-corrected chi connectivity index (χ0v) is 20.1. The summed E-state index contributed by atoms with van der Waals surface area (Å²) in [6.45, 7) is 2.09. The lowest BCUT2D eigenvalue weighted by atomic mass is 9.93. The van der Waals surface area contributed by atoms with Gasteiger partial charge in [-0.05, 0) is 32.0 Å². The van der Waals surface area contributed by atoms with Gasteiger partial charge in [0, 0.05) is 24.4 Å². The van der Waals surface area contributed by atoms with E-state index in [0.29, 0.717) is 18.8 Å². The topological polar surface area (TPSA) is 124 Å². The number of pyridine rings is 3. The number of ether oxygens (including phenoxy) is 1. The Labute approximate surface area is 209 Å². The third-order valence-corrected chi connectivity index (χ3v) is 7.59. The number of aldehydes is 1. The summed E-state index contributed by atoms with van der Waals surface area (Å²) in [7, 11) is 0. The summed E-state index contributed by atoms with van der Waals surface area (Å²) in [6, 6.07) is 2.88. The van der Waals surface area contributed by atoms with E-state index < -0.39 is 22.8 Å². The van der Waals surface area contributed by atoms with E-state index in [-0.39, 0.29) is 35.7 Å². The molecule has 6 heterocycles. The molecule has 0 unspecified atom stereocenters. The predicted molar refractivity (Wildman–Crippen MR) is 129 cm³/mol. The molecule has 3 aliphatic rings. The minimum atomic E-state index is -1.59. The number of fused-ring (bicyclic) bond motifs is 1. The number of hydrogen-bond donors (Lipinski definition) is 2. The number of β-amino-alcohol motifs (C(OH)–C–C–N with tert-alkyl or cyclic N) is 1. The first kappa shape index (κ1) is 24.8. The molecule has 0 saturated carbocycles. The van der Waals surface area contributed by atoms with Crippen LogP contribution in [0.3, 0.4) is 0 Å². The number of aliphatic hydroxyl groups is 1. The standard InChI is InChI=1S/C16H18F2N4O2.C8H7NO2S/c17-10-5-12-14-13(11(18)6-20-12)16(24,8-22(14)15(10)23)7-21-3-1-9(19)2-4-21;10-5-6-3-8-7(4-9-6)11-1-2-12-8/h5-6,9,24H,1-4,7-8,19H2;3-5H,1-2H2/t16-;/m0./s1. The summed E-state index contributed by atoms with van der Waals surface area (Å²) in [4.78, 5) is 33.2. The maximum Gasteiger partial charge on any atom is 0.287 e. The first-order valence-electron chi connectivity index (χ1n) is 11.6. The lowest BCUT2D eigenvalue weighted by molar-refractivity contribution is -0.0151. The van der Waals surface area contributed by atoms with Gasteiger partial charge in [-0.2, -0.15) is 0 Å². The molecule has 6 rings (SSSR count). The van der Waals surface area contributed by atoms with Crippen LogP contribution in [0.5, 0.6) is 5.75 Å². The summed E-state index contributed by atoms with van der Waals surface area (Å²) in [5, 5.41) is 11.1. The molecule has 0 aliphatic carbocycles. The number of rotatable bonds is 3. The maximum atomic E-state index is 14.4. The largest absolute Gasteiger partial charge is 0.490 e. The molecule has 0 spiro atoms. The number of nitrogens with zero attached hydrogens (tertiary/aromatic N) is 4. The molecule has 36 heavy (non-hydrogen) atoms. The van der Waals surface area contributed by atoms with Gasteiger partial charge in [-0.25, -0.2) is 13.8 Å². The van der Waals surface area contributed by atoms with E-state index in [1.54, 1.807) is 24.0 Å². The Kier molecular flexibility index (Phi) is 6.77. The van der Waals surface area contributed by atoms with Crippen LogP contribution in [0.15, 0.2) is 34.2 Å². The third kappa shape index (κ3) is 4.61. The van der Waals surface area contributed by atoms with Crippen molar-refractivity contribution in [1.82, 2.24) is 19.4 Å². The molecule has 3 N–H and O–H groups in total. The number of carbonyl (C=O) groups excluding carboxylic acids is 1. The van der Waals surface area contributed by atoms with Crippen LogP contribution in [-0.4, -0.2) is 68.9 Å². The summed E-state index contributed by atoms with van der Waals surface area (Å²) >= 11 is 1.69. The number of nitrogens with two attached hydrogens (primary N) is 1. The van der Waals surface area contributed by atoms with Crippen molar-refractivity contribution >= 4 is 29.1 Å². The maximum absolute atomic E-state index is 14.4. The van der Waals surface area contributed by atoms with Gasteiger partial charge in [-0.1, -0.05) is 0 Å². The van der Waals surface area contributed by atoms with E-state index in [4.69, 9.17) is 10.5 Å². The van der Waals surface area contributed by atoms with Gasteiger partial charge in [0.25, 0.3) is 5.56 Å². The second kappa shape index (κ2) is 9.85. The van der Waals surface area contributed by atoms with Crippen LogP contribution >= 0.6 is 11.8 Å². The van der Waals surface area contributed by atoms with Gasteiger partial charge < -0.3 is 20.1 Å². The summed E-state index contributed by atoms with van der Waals surface area (Å²) in [6.07, 6.45) is 4.91. The molecule has 3 aromatic heterocycles. The molecule has 12 heteroatoms. The first-order valence-corrected chi connectivity index (χ1v) is 12.6. The van der Waals surface area contributed by atoms with Gasteiger partial charge in [-0.3, -0.25) is 19.5 Å². The average Bonchev–Trinajstić information content (AvgIpc) is 3.20. The molecular weight excluding hydrogens is 492 g/mol. The number of likely N-dealkylation sites (tertiary alicyclic amines) is 1. The number of halogens is 2. The van der Waals surface area contributed by atoms with Crippen LogP contribution in [0.2, 0.25) is 0 Å². The second-order valence-electron chi connectivity index (χ2n) is 9.11. The second-order valence-corrected chi connectivity index (χ2v) is 10.3. The molecule has 190 valence electrons. The van der Waals surface area contributed by atoms with Crippen molar-refractivity contribution in [2.75, 3.05) is 32.0 Å². The van der Waals surface area contributed by atoms with Gasteiger partial charge in [0.2, 0.25) is 0 Å². The fourth-order valence-corrected chi connectivity index (χ4v) is 5.70. The van der Waals surface area contributed by atoms with Crippen molar-refractivity contribution in [2.45, 2.75) is 35.9 Å². The van der Waals surface area contributed by atoms with Crippen LogP contribution in [0.4, 0.5) is 8.78 Å². The minimum absolute atomic E-state index is 0.0273. The fourth-order valence-electron chi connectivity index (χ4n) is 4.86. The van der Waals surface area contributed by atoms with Gasteiger partial charge in [0.05, 0.1) is 47.0 Å². The zero-order chi connectivity index (χ0) is 25.4. The summed E-state index contributed by atoms with van der Waals surface area (Å²) in [5.41, 5.74) is 4.26. The monoisotopic (exact) mass is 517 g/mol. The molecule has 3 aliphatic heterocycles. The van der Waals surface area contributed by atoms with Crippen molar-refractivity contribution in [1.29, 1.82) is 0 Å². The molecule has 3 aromatic rings. The normalized spacial score (nSPS) is 21.4. The highest BCUT2D eigenvalue weighted by molar-refractivity contribution is 7.99. The molecule has 0 aromatic carbocycles. The van der Waals surface area contributed by atoms with Crippen LogP contribution in [0, 0.1) is 11.6 Å². The number of carbonyl (C=O) groups is 1. The molecule has 0 radical (unpaired) electrons. The average molecular weight is 518 g/mol. The Morgan fingerprint density at radius 1 is 1.22 bits per heavy atom. The molecule has 1 saturated heterocycles. The van der Waals surface area contributed by atoms with Gasteiger partial charge in [0.15, 0.2) is 17.9 Å². The summed E-state index contributed by atoms with van der Waals surface area (Å²) < 4.78 is 34.6. The number of hydrogen-bond acceptors (Lipinski definition) is 9. The SMILES string of the molecule is NC1CCN(C[C@]2(O)Cn3c(=O)c(F)cc4ncc(F)c2c43)CC1.O=Cc1cc2c(cn1)OCCS2. The Balaban J connectivity index is 0.000000186. The number of thioether (sulfide) groups is 1. The van der Waals surface area contributed by atoms with Crippen LogP contribution in [-0.2, 0) is 12.1 Å². The lowest BCUT2D eigenvalue weighted by Crippen LogP contribution is -2.47. The highest BCUT2D eigenvalue weighted by Crippen LogP contribution is 2.38. The van der Waals surface area contributed by atoms with Crippen molar-refractivity contribution in [2.24, 2.45) is 5.73 Å². The molecular formula is C24H25F2N5O4S. The third-order valence-electron chi connectivity index (χ3n) is 6.59. The van der Waals surface area contributed by atoms with Crippen LogP contribution in [0.1, 0.15) is 28.9 Å². The molecule has 1 atom stereocenters. The lowest BCUT2D eigenvalue weighted by Gasteiger charge is -2.35. The van der Waals surface area contributed by atoms with Crippen molar-refractivity contribution in [3.8, 4) is 5.75 Å². The highest BCUT2D eigenvalue weighted by atomic mass is 32.2. The highest BCUT2D eigenvalue weighted by Gasteiger charge is 2.43. The Bertz CT molecular complexity index is 1380. The number of piperidine rings is 1. The molecule has 0 amide bonds. The van der Waals surface area contributed by atoms with Crippen LogP contribution in [0.25, 0.3) is 11.0 Å². The molecule has 1 fully saturated rings. The van der Waals surface area contributed by atoms with Crippen molar-refractivity contribution in [3.05, 3.63) is 57.8 Å². The Morgan fingerprint density at radius 3 is 2.75 bits per heavy atom. The molecule has 0 bridgehead atoms. The quantitative estimate of drug-likeness (QED) is 0.500. The van der Waals surface area contributed by atoms with Crippen molar-refractivity contribution in [3.63, 3.8) is 0 Å². The van der Waals surface area contributed by atoms with Gasteiger partial charge >= 0.3 is 0 Å². The number of aromatic nitrogens is 3. The van der Waals surface area contributed by atoms with Gasteiger partial charge in [0.1, 0.15) is 17.1 Å². The van der Waals surface area contributed by atoms with E-state index in [9.17, 15) is 23.5 Å². The fraction of sp³-hybridized carbons (Fsp3) is 0.417.